The molecule has 5 aromatic rings. The molecule has 4 atom stereocenters. The van der Waals surface area contributed by atoms with E-state index in [1.165, 1.54) is 17.0 Å². The number of nitrogens with zero attached hydrogens (tertiary/aromatic N) is 3. The van der Waals surface area contributed by atoms with Crippen LogP contribution in [-0.4, -0.2) is 91.5 Å². The van der Waals surface area contributed by atoms with Gasteiger partial charge >= 0.3 is 0 Å². The monoisotopic (exact) mass is 1050 g/mol. The number of rotatable bonds is 1. The molecule has 4 aromatic carbocycles. The molecule has 27 heteroatoms. The predicted octanol–water partition coefficient (Wildman–Crippen LogP) is 4.62. The zero-order chi connectivity index (χ0) is 47.3. The molecule has 19 nitrogen and oxygen atoms in total. The lowest BCUT2D eigenvalue weighted by atomic mass is 10.1. The molecule has 4 aliphatic heterocycles. The number of halogens is 8. The Morgan fingerprint density at radius 2 is 0.957 bits per heavy atom. The van der Waals surface area contributed by atoms with E-state index in [9.17, 15) is 36.7 Å². The Bertz CT molecular complexity index is 2470. The average molecular weight is 1050 g/mol. The second kappa shape index (κ2) is 25.4. The summed E-state index contributed by atoms with van der Waals surface area (Å²) in [7, 11) is 1.67. The number of carbonyl (C=O) groups excluding carboxylic acids is 4. The van der Waals surface area contributed by atoms with E-state index in [4.69, 9.17) is 46.3 Å². The maximum absolute atomic E-state index is 13.5. The first-order valence-electron chi connectivity index (χ1n) is 19.6. The third-order valence-electron chi connectivity index (χ3n) is 9.59. The van der Waals surface area contributed by atoms with Crippen molar-refractivity contribution in [1.29, 1.82) is 0 Å². The highest BCUT2D eigenvalue weighted by atomic mass is 35.5. The average Bonchev–Trinajstić information content (AvgIpc) is 3.43. The van der Waals surface area contributed by atoms with Gasteiger partial charge in [0, 0.05) is 31.7 Å². The Morgan fingerprint density at radius 3 is 1.39 bits per heavy atom. The topological polar surface area (TPSA) is 288 Å². The summed E-state index contributed by atoms with van der Waals surface area (Å²) in [5.74, 6) is -2.18. The molecule has 4 aliphatic rings. The van der Waals surface area contributed by atoms with Crippen LogP contribution in [0.5, 0.6) is 23.0 Å². The van der Waals surface area contributed by atoms with Crippen molar-refractivity contribution in [2.75, 3.05) is 54.3 Å². The molecule has 11 N–H and O–H groups in total. The Morgan fingerprint density at radius 1 is 0.551 bits per heavy atom. The fourth-order valence-electron chi connectivity index (χ4n) is 6.16. The van der Waals surface area contributed by atoms with Crippen LogP contribution in [0.1, 0.15) is 17.0 Å². The second-order valence-corrected chi connectivity index (χ2v) is 14.8. The van der Waals surface area contributed by atoms with Crippen molar-refractivity contribution >= 4 is 96.0 Å². The van der Waals surface area contributed by atoms with Gasteiger partial charge in [-0.2, -0.15) is 0 Å². The lowest BCUT2D eigenvalue weighted by molar-refractivity contribution is -0.120. The van der Waals surface area contributed by atoms with Gasteiger partial charge in [-0.25, -0.2) is 17.6 Å². The number of amides is 4. The molecule has 5 heterocycles. The summed E-state index contributed by atoms with van der Waals surface area (Å²) < 4.78 is 79.4. The molecule has 0 unspecified atom stereocenters. The molecule has 376 valence electrons. The number of benzene rings is 4. The predicted molar refractivity (Wildman–Crippen MR) is 255 cm³/mol. The zero-order valence-corrected chi connectivity index (χ0v) is 40.1. The van der Waals surface area contributed by atoms with E-state index in [2.05, 4.69) is 26.1 Å². The highest BCUT2D eigenvalue weighted by Gasteiger charge is 2.29. The quantitative estimate of drug-likeness (QED) is 0.113. The minimum Gasteiger partial charge on any atom is -0.489 e. The van der Waals surface area contributed by atoms with Gasteiger partial charge in [-0.05, 0) is 67.4 Å². The van der Waals surface area contributed by atoms with Crippen LogP contribution in [0.15, 0.2) is 59.0 Å². The van der Waals surface area contributed by atoms with E-state index < -0.39 is 65.2 Å². The molecule has 0 bridgehead atoms. The normalized spacial score (nSPS) is 18.3. The number of carbonyl (C=O) groups is 4. The van der Waals surface area contributed by atoms with Gasteiger partial charge in [0.15, 0.2) is 17.5 Å². The van der Waals surface area contributed by atoms with Crippen LogP contribution in [0.4, 0.5) is 40.3 Å². The molecular formula is C42H48Cl4F4N10O9. The smallest absolute Gasteiger partial charge is 0.247 e. The number of aromatic nitrogens is 2. The van der Waals surface area contributed by atoms with Crippen LogP contribution in [0.3, 0.4) is 0 Å². The molecule has 4 amide bonds. The van der Waals surface area contributed by atoms with Gasteiger partial charge in [0.05, 0.1) is 5.69 Å². The number of hydrogen-bond acceptors (Lipinski definition) is 15. The third kappa shape index (κ3) is 14.4. The van der Waals surface area contributed by atoms with E-state index in [-0.39, 0.29) is 105 Å². The van der Waals surface area contributed by atoms with Crippen molar-refractivity contribution in [1.82, 2.24) is 10.2 Å². The minimum absolute atomic E-state index is 0. The Labute approximate surface area is 416 Å². The van der Waals surface area contributed by atoms with Crippen LogP contribution in [0.25, 0.3) is 11.5 Å². The molecule has 1 aromatic heterocycles. The number of aryl methyl sites for hydroxylation is 3. The van der Waals surface area contributed by atoms with Gasteiger partial charge in [-0.3, -0.25) is 19.2 Å². The minimum atomic E-state index is -0.889. The molecule has 9 rings (SSSR count). The first-order chi connectivity index (χ1) is 30.8. The van der Waals surface area contributed by atoms with E-state index in [0.29, 0.717) is 40.8 Å². The summed E-state index contributed by atoms with van der Waals surface area (Å²) in [5, 5.41) is 14.8. The van der Waals surface area contributed by atoms with Crippen LogP contribution in [-0.2, 0) is 19.2 Å². The molecular weight excluding hydrogens is 1010 g/mol. The van der Waals surface area contributed by atoms with Crippen molar-refractivity contribution in [3.8, 4) is 34.5 Å². The van der Waals surface area contributed by atoms with E-state index >= 15 is 0 Å². The molecule has 0 radical (unpaired) electrons. The van der Waals surface area contributed by atoms with Gasteiger partial charge in [-0.1, -0.05) is 0 Å². The summed E-state index contributed by atoms with van der Waals surface area (Å²) in [6, 6.07) is 9.92. The lowest BCUT2D eigenvalue weighted by Crippen LogP contribution is -2.43. The van der Waals surface area contributed by atoms with Crippen LogP contribution in [0.2, 0.25) is 0 Å². The molecule has 0 saturated carbocycles. The summed E-state index contributed by atoms with van der Waals surface area (Å²) in [6.07, 6.45) is 0. The van der Waals surface area contributed by atoms with Crippen molar-refractivity contribution in [2.45, 2.75) is 44.9 Å². The lowest BCUT2D eigenvalue weighted by Gasteiger charge is -2.17. The van der Waals surface area contributed by atoms with Crippen molar-refractivity contribution < 1.29 is 60.1 Å². The second-order valence-electron chi connectivity index (χ2n) is 14.8. The van der Waals surface area contributed by atoms with Crippen molar-refractivity contribution in [3.63, 3.8) is 0 Å². The first kappa shape index (κ1) is 58.9. The Hall–Kier alpha value is -6.18. The summed E-state index contributed by atoms with van der Waals surface area (Å²) in [5.41, 5.74) is 24.9. The number of nitrogens with one attached hydrogen (secondary N) is 3. The van der Waals surface area contributed by atoms with E-state index in [0.717, 1.165) is 22.8 Å². The van der Waals surface area contributed by atoms with Gasteiger partial charge in [0.1, 0.15) is 96.5 Å². The fraction of sp³-hybridized carbons (Fsp3) is 0.286. The highest BCUT2D eigenvalue weighted by molar-refractivity contribution is 6.00. The van der Waals surface area contributed by atoms with Gasteiger partial charge in [0.25, 0.3) is 0 Å². The van der Waals surface area contributed by atoms with Gasteiger partial charge < -0.3 is 67.1 Å². The van der Waals surface area contributed by atoms with Gasteiger partial charge in [0.2, 0.25) is 35.4 Å². The largest absolute Gasteiger partial charge is 0.489 e. The highest BCUT2D eigenvalue weighted by Crippen LogP contribution is 2.36. The number of anilines is 4. The maximum Gasteiger partial charge on any atom is 0.247 e. The Balaban J connectivity index is 0.000000312. The summed E-state index contributed by atoms with van der Waals surface area (Å²) >= 11 is 0. The van der Waals surface area contributed by atoms with E-state index in [1.54, 1.807) is 58.2 Å². The maximum atomic E-state index is 13.5. The number of nitrogens with two attached hydrogens (primary N) is 4. The number of fused-ring (bicyclic) bond motifs is 4. The molecule has 0 fully saturated rings. The first-order valence-corrected chi connectivity index (χ1v) is 19.6. The van der Waals surface area contributed by atoms with Crippen molar-refractivity contribution in [3.05, 3.63) is 94.9 Å². The van der Waals surface area contributed by atoms with Crippen LogP contribution < -0.4 is 62.7 Å². The van der Waals surface area contributed by atoms with Crippen LogP contribution >= 0.6 is 49.6 Å². The molecule has 0 saturated heterocycles. The number of hydrogen-bond donors (Lipinski definition) is 7. The molecule has 69 heavy (non-hydrogen) atoms. The van der Waals surface area contributed by atoms with E-state index in [1.807, 2.05) is 0 Å². The molecule has 0 aliphatic carbocycles. The van der Waals surface area contributed by atoms with Crippen molar-refractivity contribution in [2.24, 2.45) is 22.9 Å². The zero-order valence-electron chi connectivity index (χ0n) is 36.8. The summed E-state index contributed by atoms with van der Waals surface area (Å²) in [6.45, 7) is 5.39. The third-order valence-corrected chi connectivity index (χ3v) is 9.59. The Kier molecular flexibility index (Phi) is 21.7. The SMILES string of the molecule is Cc1cc(F)c2c(c1)OC[C@H](N)C(=O)N2.Cc1cc(F)c2c(c1)OC[C@H](N)C(=O)N2.Cc1nnc(-c2ccc3c(c2)N(C)C(=O)[C@@H](N)CO3)o1.Cl.Cl.Cl.Cl.N[C@H]1COc2cc(F)cc(F)c2NC1=O. The van der Waals surface area contributed by atoms with Gasteiger partial charge in [-0.15, -0.1) is 59.8 Å². The van der Waals surface area contributed by atoms with Crippen LogP contribution in [0, 0.1) is 44.0 Å². The number of likely N-dealkylation sites (N-methyl/N-ethyl adjacent to an activating group) is 1. The fourth-order valence-corrected chi connectivity index (χ4v) is 6.16. The molecule has 0 spiro atoms. The number of ether oxygens (including phenoxy) is 4. The summed E-state index contributed by atoms with van der Waals surface area (Å²) in [4.78, 5) is 47.4. The standard InChI is InChI=1S/C13H14N4O3.2C10H11FN2O2.C9H8F2N2O2.4ClH/c1-7-15-16-12(20-7)8-3-4-11-10(5-8)17(2)13(18)9(14)6-19-11;2*1-5-2-6(11)9-8(3-5)15-4-7(12)10(14)13-9;10-4-1-5(11)8-7(2-4)15-3-6(12)9(14)13-8;;;;/h3-5,9H,6,14H2,1-2H3;2*2-3,7H,4,12H2,1H3,(H,13,14);1-2,6H,3,12H2,(H,13,14);4*1H/t9-;2*7-;6-;;;;/m0000..../s1.